The Bertz CT molecular complexity index is 1650. The lowest BCUT2D eigenvalue weighted by Gasteiger charge is -2.26. The van der Waals surface area contributed by atoms with Gasteiger partial charge in [0.05, 0.1) is 43.7 Å². The molecule has 0 radical (unpaired) electrons. The van der Waals surface area contributed by atoms with E-state index in [1.165, 1.54) is 44.2 Å². The lowest BCUT2D eigenvalue weighted by Crippen LogP contribution is -2.40. The molecule has 1 aromatic heterocycles. The van der Waals surface area contributed by atoms with Crippen molar-refractivity contribution in [1.82, 2.24) is 4.57 Å². The molecule has 1 aliphatic rings. The number of thiazole rings is 1. The van der Waals surface area contributed by atoms with Crippen molar-refractivity contribution in [3.05, 3.63) is 78.5 Å². The predicted molar refractivity (Wildman–Crippen MR) is 144 cm³/mol. The molecule has 0 spiro atoms. The van der Waals surface area contributed by atoms with Gasteiger partial charge in [0.1, 0.15) is 17.5 Å². The van der Waals surface area contributed by atoms with E-state index in [0.717, 1.165) is 0 Å². The van der Waals surface area contributed by atoms with Crippen LogP contribution in [0.2, 0.25) is 0 Å². The maximum atomic E-state index is 13.9. The molecule has 0 unspecified atom stereocenters. The average Bonchev–Trinajstić information content (AvgIpc) is 3.22. The van der Waals surface area contributed by atoms with E-state index in [9.17, 15) is 14.4 Å². The fraction of sp³-hybridized carbons (Fsp3) is 0.286. The zero-order valence-corrected chi connectivity index (χ0v) is 23.2. The molecule has 204 valence electrons. The third-order valence-electron chi connectivity index (χ3n) is 5.99. The fourth-order valence-corrected chi connectivity index (χ4v) is 5.35. The number of rotatable bonds is 8. The lowest BCUT2D eigenvalue weighted by molar-refractivity contribution is -0.139. The van der Waals surface area contributed by atoms with Gasteiger partial charge in [0.2, 0.25) is 0 Å². The van der Waals surface area contributed by atoms with Gasteiger partial charge < -0.3 is 23.7 Å². The highest BCUT2D eigenvalue weighted by Crippen LogP contribution is 2.38. The van der Waals surface area contributed by atoms with Crippen molar-refractivity contribution in [2.75, 3.05) is 27.9 Å². The van der Waals surface area contributed by atoms with Crippen molar-refractivity contribution in [2.24, 2.45) is 4.99 Å². The summed E-state index contributed by atoms with van der Waals surface area (Å²) in [6.45, 7) is 4.88. The van der Waals surface area contributed by atoms with Crippen molar-refractivity contribution >= 4 is 29.4 Å². The Kier molecular flexibility index (Phi) is 8.20. The van der Waals surface area contributed by atoms with E-state index in [1.807, 2.05) is 0 Å². The molecular formula is C28H28N2O8S. The minimum Gasteiger partial charge on any atom is -0.497 e. The van der Waals surface area contributed by atoms with Crippen LogP contribution in [0.15, 0.2) is 57.5 Å². The first kappa shape index (κ1) is 27.6. The second-order valence-corrected chi connectivity index (χ2v) is 9.42. The van der Waals surface area contributed by atoms with Crippen molar-refractivity contribution < 1.29 is 33.3 Å². The summed E-state index contributed by atoms with van der Waals surface area (Å²) in [6.07, 6.45) is 1.69. The van der Waals surface area contributed by atoms with E-state index >= 15 is 0 Å². The summed E-state index contributed by atoms with van der Waals surface area (Å²) in [4.78, 5) is 43.5. The first-order chi connectivity index (χ1) is 18.7. The SMILES string of the molecule is CCOC(=O)C1=C(C)N=c2s/c(=C\c3ccc(OC(C)=O)c(OC)c3)c(=O)n2[C@@H]1c1cc(OC)ccc1OC. The van der Waals surface area contributed by atoms with E-state index in [4.69, 9.17) is 23.7 Å². The smallest absolute Gasteiger partial charge is 0.338 e. The Morgan fingerprint density at radius 1 is 1.03 bits per heavy atom. The number of esters is 2. The number of nitrogens with zero attached hydrogens (tertiary/aromatic N) is 2. The zero-order valence-electron chi connectivity index (χ0n) is 22.4. The van der Waals surface area contributed by atoms with Crippen LogP contribution in [0, 0.1) is 0 Å². The van der Waals surface area contributed by atoms with Crippen LogP contribution in [0.25, 0.3) is 6.08 Å². The summed E-state index contributed by atoms with van der Waals surface area (Å²) in [5.41, 5.74) is 1.50. The highest BCUT2D eigenvalue weighted by Gasteiger charge is 2.35. The van der Waals surface area contributed by atoms with E-state index in [1.54, 1.807) is 56.3 Å². The van der Waals surface area contributed by atoms with Crippen molar-refractivity contribution in [2.45, 2.75) is 26.8 Å². The fourth-order valence-electron chi connectivity index (χ4n) is 4.30. The van der Waals surface area contributed by atoms with E-state index in [2.05, 4.69) is 4.99 Å². The van der Waals surface area contributed by atoms with Gasteiger partial charge in [0, 0.05) is 12.5 Å². The Balaban J connectivity index is 1.95. The van der Waals surface area contributed by atoms with E-state index < -0.39 is 18.0 Å². The minimum atomic E-state index is -0.867. The summed E-state index contributed by atoms with van der Waals surface area (Å²) < 4.78 is 28.8. The molecule has 39 heavy (non-hydrogen) atoms. The number of hydrogen-bond donors (Lipinski definition) is 0. The molecule has 11 heteroatoms. The maximum absolute atomic E-state index is 13.9. The van der Waals surface area contributed by atoms with Gasteiger partial charge in [-0.15, -0.1) is 0 Å². The Labute approximate surface area is 228 Å². The molecule has 1 atom stereocenters. The lowest BCUT2D eigenvalue weighted by atomic mass is 9.94. The van der Waals surface area contributed by atoms with Crippen LogP contribution in [0.3, 0.4) is 0 Å². The minimum absolute atomic E-state index is 0.160. The predicted octanol–water partition coefficient (Wildman–Crippen LogP) is 2.75. The van der Waals surface area contributed by atoms with Crippen LogP contribution >= 0.6 is 11.3 Å². The van der Waals surface area contributed by atoms with Gasteiger partial charge in [0.25, 0.3) is 5.56 Å². The summed E-state index contributed by atoms with van der Waals surface area (Å²) in [5, 5.41) is 0. The number of carbonyl (C=O) groups is 2. The number of benzene rings is 2. The van der Waals surface area contributed by atoms with Crippen molar-refractivity contribution in [3.63, 3.8) is 0 Å². The number of ether oxygens (including phenoxy) is 5. The molecule has 0 bridgehead atoms. The van der Waals surface area contributed by atoms with Crippen LogP contribution in [0.1, 0.15) is 37.9 Å². The molecule has 1 aliphatic heterocycles. The monoisotopic (exact) mass is 552 g/mol. The van der Waals surface area contributed by atoms with Gasteiger partial charge in [-0.1, -0.05) is 17.4 Å². The number of aromatic nitrogens is 1. The van der Waals surface area contributed by atoms with Crippen LogP contribution in [0.4, 0.5) is 0 Å². The molecule has 2 heterocycles. The molecule has 0 N–H and O–H groups in total. The van der Waals surface area contributed by atoms with Crippen molar-refractivity contribution in [3.8, 4) is 23.0 Å². The molecular weight excluding hydrogens is 524 g/mol. The Morgan fingerprint density at radius 2 is 1.74 bits per heavy atom. The standard InChI is InChI=1S/C28H28N2O8S/c1-7-37-27(33)24-15(2)29-28-30(25(24)19-14-18(34-4)9-11-20(19)35-5)26(32)23(39-28)13-17-8-10-21(38-16(3)31)22(12-17)36-6/h8-14,25H,7H2,1-6H3/b23-13-/t25-/m1/s1. The molecule has 0 saturated heterocycles. The maximum Gasteiger partial charge on any atom is 0.338 e. The molecule has 0 saturated carbocycles. The van der Waals surface area contributed by atoms with Crippen LogP contribution in [-0.2, 0) is 14.3 Å². The quantitative estimate of drug-likeness (QED) is 0.310. The van der Waals surface area contributed by atoms with Crippen LogP contribution in [-0.4, -0.2) is 44.4 Å². The molecule has 3 aromatic rings. The third-order valence-corrected chi connectivity index (χ3v) is 6.97. The van der Waals surface area contributed by atoms with Gasteiger partial charge in [0.15, 0.2) is 16.3 Å². The highest BCUT2D eigenvalue weighted by molar-refractivity contribution is 7.07. The van der Waals surface area contributed by atoms with Gasteiger partial charge in [-0.3, -0.25) is 14.2 Å². The molecule has 0 fully saturated rings. The van der Waals surface area contributed by atoms with Crippen LogP contribution < -0.4 is 33.8 Å². The number of allylic oxidation sites excluding steroid dienone is 1. The van der Waals surface area contributed by atoms with E-state index in [-0.39, 0.29) is 23.5 Å². The summed E-state index contributed by atoms with van der Waals surface area (Å²) in [7, 11) is 4.51. The second-order valence-electron chi connectivity index (χ2n) is 8.41. The molecule has 10 nitrogen and oxygen atoms in total. The zero-order chi connectivity index (χ0) is 28.3. The van der Waals surface area contributed by atoms with Gasteiger partial charge in [-0.2, -0.15) is 0 Å². The summed E-state index contributed by atoms with van der Waals surface area (Å²) in [6, 6.07) is 9.28. The normalized spacial score (nSPS) is 14.8. The van der Waals surface area contributed by atoms with Gasteiger partial charge in [-0.05, 0) is 55.8 Å². The Hall–Kier alpha value is -4.38. The molecule has 4 rings (SSSR count). The Morgan fingerprint density at radius 3 is 2.38 bits per heavy atom. The number of fused-ring (bicyclic) bond motifs is 1. The molecule has 0 amide bonds. The highest BCUT2D eigenvalue weighted by atomic mass is 32.1. The number of methoxy groups -OCH3 is 3. The summed E-state index contributed by atoms with van der Waals surface area (Å²) >= 11 is 1.18. The first-order valence-corrected chi connectivity index (χ1v) is 12.8. The number of hydrogen-bond acceptors (Lipinski definition) is 10. The van der Waals surface area contributed by atoms with Gasteiger partial charge >= 0.3 is 11.9 Å². The molecule has 2 aromatic carbocycles. The van der Waals surface area contributed by atoms with E-state index in [0.29, 0.717) is 43.4 Å². The van der Waals surface area contributed by atoms with Gasteiger partial charge in [-0.25, -0.2) is 9.79 Å². The summed E-state index contributed by atoms with van der Waals surface area (Å²) in [5.74, 6) is 0.557. The van der Waals surface area contributed by atoms with Crippen LogP contribution in [0.5, 0.6) is 23.0 Å². The largest absolute Gasteiger partial charge is 0.497 e. The second kappa shape index (κ2) is 11.6. The first-order valence-electron chi connectivity index (χ1n) is 12.0. The third kappa shape index (κ3) is 5.44. The molecule has 0 aliphatic carbocycles. The number of carbonyl (C=O) groups excluding carboxylic acids is 2. The topological polar surface area (TPSA) is 115 Å². The van der Waals surface area contributed by atoms with Crippen molar-refractivity contribution in [1.29, 1.82) is 0 Å². The average molecular weight is 553 g/mol.